The average molecular weight is 212 g/mol. The van der Waals surface area contributed by atoms with Crippen LogP contribution in [0.1, 0.15) is 27.2 Å². The summed E-state index contributed by atoms with van der Waals surface area (Å²) in [6.45, 7) is 6.98. The number of para-hydroxylation sites is 1. The van der Waals surface area contributed by atoms with Gasteiger partial charge in [-0.05, 0) is 18.6 Å². The molecule has 0 spiro atoms. The van der Waals surface area contributed by atoms with Gasteiger partial charge in [-0.15, -0.1) is 0 Å². The van der Waals surface area contributed by atoms with Crippen molar-refractivity contribution in [2.75, 3.05) is 20.8 Å². The van der Waals surface area contributed by atoms with E-state index in [1.54, 1.807) is 14.2 Å². The molecule has 0 aliphatic rings. The molecular formula is C13H24O2. The summed E-state index contributed by atoms with van der Waals surface area (Å²) < 4.78 is 9.61. The van der Waals surface area contributed by atoms with Crippen LogP contribution in [0.5, 0.6) is 5.75 Å². The zero-order valence-corrected chi connectivity index (χ0v) is 10.6. The van der Waals surface area contributed by atoms with E-state index in [4.69, 9.17) is 9.47 Å². The third-order valence-corrected chi connectivity index (χ3v) is 1.39. The van der Waals surface area contributed by atoms with Crippen LogP contribution >= 0.6 is 0 Å². The van der Waals surface area contributed by atoms with Crippen LogP contribution in [-0.2, 0) is 4.74 Å². The first-order valence-corrected chi connectivity index (χ1v) is 5.43. The topological polar surface area (TPSA) is 18.5 Å². The molecule has 15 heavy (non-hydrogen) atoms. The molecule has 0 aliphatic carbocycles. The van der Waals surface area contributed by atoms with Crippen molar-refractivity contribution < 1.29 is 9.47 Å². The minimum Gasteiger partial charge on any atom is -0.497 e. The molecule has 0 fully saturated rings. The van der Waals surface area contributed by atoms with Gasteiger partial charge in [-0.2, -0.15) is 0 Å². The van der Waals surface area contributed by atoms with Gasteiger partial charge in [-0.25, -0.2) is 0 Å². The fraction of sp³-hybridized carbons (Fsp3) is 0.538. The molecule has 88 valence electrons. The van der Waals surface area contributed by atoms with Gasteiger partial charge in [-0.1, -0.05) is 39.0 Å². The molecule has 0 aliphatic heterocycles. The number of hydrogen-bond acceptors (Lipinski definition) is 2. The highest BCUT2D eigenvalue weighted by Crippen LogP contribution is 2.05. The third kappa shape index (κ3) is 13.0. The quantitative estimate of drug-likeness (QED) is 0.759. The molecule has 0 unspecified atom stereocenters. The molecule has 2 nitrogen and oxygen atoms in total. The van der Waals surface area contributed by atoms with Gasteiger partial charge in [0.25, 0.3) is 0 Å². The van der Waals surface area contributed by atoms with Gasteiger partial charge in [0.2, 0.25) is 0 Å². The summed E-state index contributed by atoms with van der Waals surface area (Å²) in [5, 5.41) is 0. The number of methoxy groups -OCH3 is 2. The zero-order valence-electron chi connectivity index (χ0n) is 10.6. The van der Waals surface area contributed by atoms with E-state index < -0.39 is 0 Å². The van der Waals surface area contributed by atoms with Gasteiger partial charge in [0.15, 0.2) is 0 Å². The van der Waals surface area contributed by atoms with Crippen LogP contribution in [-0.4, -0.2) is 20.8 Å². The summed E-state index contributed by atoms with van der Waals surface area (Å²) in [4.78, 5) is 0. The first-order valence-electron chi connectivity index (χ1n) is 5.43. The van der Waals surface area contributed by atoms with Crippen molar-refractivity contribution in [1.29, 1.82) is 0 Å². The number of hydrogen-bond donors (Lipinski definition) is 0. The Bertz CT molecular complexity index is 183. The van der Waals surface area contributed by atoms with Crippen LogP contribution in [0.25, 0.3) is 0 Å². The lowest BCUT2D eigenvalue weighted by atomic mass is 10.3. The Hall–Kier alpha value is -1.02. The Morgan fingerprint density at radius 1 is 1.00 bits per heavy atom. The predicted molar refractivity (Wildman–Crippen MR) is 66.5 cm³/mol. The highest BCUT2D eigenvalue weighted by atomic mass is 16.5. The highest BCUT2D eigenvalue weighted by Gasteiger charge is 1.80. The molecule has 0 aromatic heterocycles. The van der Waals surface area contributed by atoms with Crippen molar-refractivity contribution in [2.24, 2.45) is 0 Å². The molecule has 2 heteroatoms. The Morgan fingerprint density at radius 2 is 1.53 bits per heavy atom. The summed E-state index contributed by atoms with van der Waals surface area (Å²) in [5.74, 6) is 0.910. The van der Waals surface area contributed by atoms with Gasteiger partial charge >= 0.3 is 0 Å². The molecule has 0 atom stereocenters. The van der Waals surface area contributed by atoms with Gasteiger partial charge in [0, 0.05) is 13.7 Å². The number of ether oxygens (including phenoxy) is 2. The van der Waals surface area contributed by atoms with E-state index in [0.29, 0.717) is 0 Å². The summed E-state index contributed by atoms with van der Waals surface area (Å²) in [7, 11) is 3.37. The summed E-state index contributed by atoms with van der Waals surface area (Å²) in [6, 6.07) is 9.68. The van der Waals surface area contributed by atoms with Crippen molar-refractivity contribution in [3.63, 3.8) is 0 Å². The molecule has 1 aromatic rings. The minimum atomic E-state index is 0.889. The molecule has 0 saturated carbocycles. The zero-order chi connectivity index (χ0) is 11.9. The lowest BCUT2D eigenvalue weighted by Gasteiger charge is -1.93. The van der Waals surface area contributed by atoms with Crippen molar-refractivity contribution in [3.05, 3.63) is 30.3 Å². The maximum absolute atomic E-state index is 4.91. The van der Waals surface area contributed by atoms with Crippen LogP contribution in [0.3, 0.4) is 0 Å². The van der Waals surface area contributed by atoms with Gasteiger partial charge in [-0.3, -0.25) is 0 Å². The average Bonchev–Trinajstić information content (AvgIpc) is 2.34. The second-order valence-electron chi connectivity index (χ2n) is 2.51. The normalized spacial score (nSPS) is 7.80. The molecule has 0 amide bonds. The molecule has 0 heterocycles. The Kier molecular flexibility index (Phi) is 16.9. The van der Waals surface area contributed by atoms with Crippen LogP contribution in [0.4, 0.5) is 0 Å². The first kappa shape index (κ1) is 16.4. The molecule has 0 bridgehead atoms. The Morgan fingerprint density at radius 3 is 1.73 bits per heavy atom. The van der Waals surface area contributed by atoms with Crippen molar-refractivity contribution in [1.82, 2.24) is 0 Å². The lowest BCUT2D eigenvalue weighted by Crippen LogP contribution is -1.80. The molecule has 1 aromatic carbocycles. The molecule has 1 rings (SSSR count). The van der Waals surface area contributed by atoms with Crippen LogP contribution in [0.15, 0.2) is 30.3 Å². The maximum Gasteiger partial charge on any atom is 0.118 e. The van der Waals surface area contributed by atoms with Gasteiger partial charge < -0.3 is 9.47 Å². The predicted octanol–water partition coefficient (Wildman–Crippen LogP) is 3.76. The lowest BCUT2D eigenvalue weighted by molar-refractivity contribution is 0.199. The Labute approximate surface area is 94.2 Å². The highest BCUT2D eigenvalue weighted by molar-refractivity contribution is 5.20. The first-order chi connectivity index (χ1) is 7.35. The number of rotatable bonds is 3. The van der Waals surface area contributed by atoms with Crippen molar-refractivity contribution in [2.45, 2.75) is 27.2 Å². The SMILES string of the molecule is CC.CCCOC.COc1ccccc1. The van der Waals surface area contributed by atoms with Crippen molar-refractivity contribution >= 4 is 0 Å². The number of benzene rings is 1. The van der Waals surface area contributed by atoms with E-state index in [0.717, 1.165) is 18.8 Å². The molecular weight excluding hydrogens is 188 g/mol. The van der Waals surface area contributed by atoms with Crippen molar-refractivity contribution in [3.8, 4) is 5.75 Å². The summed E-state index contributed by atoms with van der Waals surface area (Å²) in [6.07, 6.45) is 1.12. The van der Waals surface area contributed by atoms with E-state index in [1.165, 1.54) is 0 Å². The van der Waals surface area contributed by atoms with E-state index in [1.807, 2.05) is 44.2 Å². The standard InChI is InChI=1S/C7H8O.C4H10O.C2H6/c1-8-7-5-3-2-4-6-7;1-3-4-5-2;1-2/h2-6H,1H3;3-4H2,1-2H3;1-2H3. The second kappa shape index (κ2) is 15.5. The molecule has 0 radical (unpaired) electrons. The van der Waals surface area contributed by atoms with E-state index in [9.17, 15) is 0 Å². The summed E-state index contributed by atoms with van der Waals surface area (Å²) >= 11 is 0. The minimum absolute atomic E-state index is 0.889. The van der Waals surface area contributed by atoms with Crippen LogP contribution < -0.4 is 4.74 Å². The molecule has 0 N–H and O–H groups in total. The smallest absolute Gasteiger partial charge is 0.118 e. The van der Waals surface area contributed by atoms with E-state index in [2.05, 4.69) is 6.92 Å². The maximum atomic E-state index is 4.91. The van der Waals surface area contributed by atoms with Crippen LogP contribution in [0.2, 0.25) is 0 Å². The van der Waals surface area contributed by atoms with Gasteiger partial charge in [0.05, 0.1) is 7.11 Å². The fourth-order valence-corrected chi connectivity index (χ4v) is 0.761. The monoisotopic (exact) mass is 212 g/mol. The fourth-order valence-electron chi connectivity index (χ4n) is 0.761. The van der Waals surface area contributed by atoms with Gasteiger partial charge in [0.1, 0.15) is 5.75 Å². The second-order valence-corrected chi connectivity index (χ2v) is 2.51. The molecule has 0 saturated heterocycles. The van der Waals surface area contributed by atoms with Crippen LogP contribution in [0, 0.1) is 0 Å². The summed E-state index contributed by atoms with van der Waals surface area (Å²) in [5.41, 5.74) is 0. The Balaban J connectivity index is 0. The largest absolute Gasteiger partial charge is 0.497 e. The van der Waals surface area contributed by atoms with E-state index in [-0.39, 0.29) is 0 Å². The third-order valence-electron chi connectivity index (χ3n) is 1.39. The van der Waals surface area contributed by atoms with E-state index >= 15 is 0 Å².